The van der Waals surface area contributed by atoms with Crippen molar-refractivity contribution in [3.05, 3.63) is 0 Å². The van der Waals surface area contributed by atoms with Gasteiger partial charge < -0.3 is 20.1 Å². The summed E-state index contributed by atoms with van der Waals surface area (Å²) >= 11 is 0. The van der Waals surface area contributed by atoms with Crippen molar-refractivity contribution in [1.82, 2.24) is 10.6 Å². The van der Waals surface area contributed by atoms with E-state index in [0.29, 0.717) is 13.2 Å². The lowest BCUT2D eigenvalue weighted by Gasteiger charge is -2.21. The molecule has 4 unspecified atom stereocenters. The molecule has 92 valence electrons. The predicted octanol–water partition coefficient (Wildman–Crippen LogP) is -0.486. The third-order valence-corrected chi connectivity index (χ3v) is 3.49. The van der Waals surface area contributed by atoms with E-state index in [1.165, 1.54) is 0 Å². The van der Waals surface area contributed by atoms with Gasteiger partial charge in [0, 0.05) is 12.6 Å². The van der Waals surface area contributed by atoms with E-state index in [2.05, 4.69) is 10.6 Å². The van der Waals surface area contributed by atoms with Gasteiger partial charge in [0.05, 0.1) is 31.3 Å². The highest BCUT2D eigenvalue weighted by molar-refractivity contribution is 5.80. The summed E-state index contributed by atoms with van der Waals surface area (Å²) in [6, 6.07) is 0.295. The van der Waals surface area contributed by atoms with Gasteiger partial charge in [0.2, 0.25) is 5.91 Å². The van der Waals surface area contributed by atoms with Crippen LogP contribution in [0.5, 0.6) is 0 Å². The molecule has 0 radical (unpaired) electrons. The minimum absolute atomic E-state index is 0.0715. The van der Waals surface area contributed by atoms with E-state index in [0.717, 1.165) is 13.0 Å². The second-order valence-corrected chi connectivity index (χ2v) is 4.52. The third-order valence-electron chi connectivity index (χ3n) is 3.49. The molecule has 2 rings (SSSR count). The average molecular weight is 228 g/mol. The highest BCUT2D eigenvalue weighted by Crippen LogP contribution is 2.17. The molecule has 4 atom stereocenters. The zero-order chi connectivity index (χ0) is 11.5. The Morgan fingerprint density at radius 1 is 1.31 bits per heavy atom. The largest absolute Gasteiger partial charge is 0.379 e. The first-order valence-corrected chi connectivity index (χ1v) is 5.89. The quantitative estimate of drug-likeness (QED) is 0.684. The maximum atomic E-state index is 12.0. The van der Waals surface area contributed by atoms with Gasteiger partial charge in [-0.15, -0.1) is 0 Å². The maximum Gasteiger partial charge on any atom is 0.227 e. The van der Waals surface area contributed by atoms with Gasteiger partial charge in [0.1, 0.15) is 0 Å². The summed E-state index contributed by atoms with van der Waals surface area (Å²) in [5.41, 5.74) is 0. The van der Waals surface area contributed by atoms with E-state index >= 15 is 0 Å². The van der Waals surface area contributed by atoms with Gasteiger partial charge in [-0.25, -0.2) is 0 Å². The van der Waals surface area contributed by atoms with Crippen molar-refractivity contribution in [3.63, 3.8) is 0 Å². The SMILES string of the molecule is CNC1COCC1C(=O)NC1CCOC1C. The standard InChI is InChI=1S/C11H20N2O3/c1-7-9(3-4-16-7)13-11(14)8-5-15-6-10(8)12-2/h7-10,12H,3-6H2,1-2H3,(H,13,14). The molecule has 0 aromatic carbocycles. The number of carbonyl (C=O) groups excluding carboxylic acids is 1. The van der Waals surface area contributed by atoms with Gasteiger partial charge in [-0.1, -0.05) is 0 Å². The first-order valence-electron chi connectivity index (χ1n) is 5.89. The Hall–Kier alpha value is -0.650. The fourth-order valence-electron chi connectivity index (χ4n) is 2.31. The van der Waals surface area contributed by atoms with Gasteiger partial charge in [0.15, 0.2) is 0 Å². The number of hydrogen-bond donors (Lipinski definition) is 2. The number of hydrogen-bond acceptors (Lipinski definition) is 4. The first-order chi connectivity index (χ1) is 7.72. The lowest BCUT2D eigenvalue weighted by Crippen LogP contribution is -2.47. The summed E-state index contributed by atoms with van der Waals surface area (Å²) in [6.07, 6.45) is 1.03. The summed E-state index contributed by atoms with van der Waals surface area (Å²) in [5.74, 6) is 0.0111. The monoisotopic (exact) mass is 228 g/mol. The highest BCUT2D eigenvalue weighted by Gasteiger charge is 2.35. The van der Waals surface area contributed by atoms with Crippen molar-refractivity contribution < 1.29 is 14.3 Å². The Bertz CT molecular complexity index is 260. The molecule has 2 N–H and O–H groups in total. The Morgan fingerprint density at radius 3 is 2.75 bits per heavy atom. The Labute approximate surface area is 95.9 Å². The van der Waals surface area contributed by atoms with Crippen LogP contribution in [-0.2, 0) is 14.3 Å². The van der Waals surface area contributed by atoms with Crippen LogP contribution in [0, 0.1) is 5.92 Å². The topological polar surface area (TPSA) is 59.6 Å². The van der Waals surface area contributed by atoms with Crippen molar-refractivity contribution in [2.75, 3.05) is 26.9 Å². The molecule has 2 fully saturated rings. The molecule has 2 saturated heterocycles. The molecule has 16 heavy (non-hydrogen) atoms. The third kappa shape index (κ3) is 2.36. The molecule has 2 aliphatic rings. The van der Waals surface area contributed by atoms with Crippen LogP contribution in [0.25, 0.3) is 0 Å². The van der Waals surface area contributed by atoms with Crippen molar-refractivity contribution in [3.8, 4) is 0 Å². The van der Waals surface area contributed by atoms with Gasteiger partial charge in [-0.3, -0.25) is 4.79 Å². The summed E-state index contributed by atoms with van der Waals surface area (Å²) in [5, 5.41) is 6.16. The van der Waals surface area contributed by atoms with E-state index < -0.39 is 0 Å². The minimum Gasteiger partial charge on any atom is -0.379 e. The molecule has 1 amide bonds. The van der Waals surface area contributed by atoms with Gasteiger partial charge in [-0.05, 0) is 20.4 Å². The molecule has 0 aromatic heterocycles. The van der Waals surface area contributed by atoms with Crippen molar-refractivity contribution >= 4 is 5.91 Å². The van der Waals surface area contributed by atoms with Crippen LogP contribution in [0.15, 0.2) is 0 Å². The second-order valence-electron chi connectivity index (χ2n) is 4.52. The Balaban J connectivity index is 1.87. The fraction of sp³-hybridized carbons (Fsp3) is 0.909. The smallest absolute Gasteiger partial charge is 0.227 e. The molecule has 2 heterocycles. The number of carbonyl (C=O) groups is 1. The van der Waals surface area contributed by atoms with E-state index in [9.17, 15) is 4.79 Å². The van der Waals surface area contributed by atoms with Crippen LogP contribution in [0.4, 0.5) is 0 Å². The number of ether oxygens (including phenoxy) is 2. The predicted molar refractivity (Wildman–Crippen MR) is 59.1 cm³/mol. The number of rotatable bonds is 3. The van der Waals surface area contributed by atoms with E-state index in [-0.39, 0.29) is 30.0 Å². The van der Waals surface area contributed by atoms with Gasteiger partial charge in [0.25, 0.3) is 0 Å². The average Bonchev–Trinajstić information content (AvgIpc) is 2.87. The summed E-state index contributed by atoms with van der Waals surface area (Å²) in [6.45, 7) is 3.87. The van der Waals surface area contributed by atoms with Crippen molar-refractivity contribution in [2.24, 2.45) is 5.92 Å². The number of nitrogens with one attached hydrogen (secondary N) is 2. The fourth-order valence-corrected chi connectivity index (χ4v) is 2.31. The van der Waals surface area contributed by atoms with Crippen molar-refractivity contribution in [1.29, 1.82) is 0 Å². The molecule has 0 aliphatic carbocycles. The lowest BCUT2D eigenvalue weighted by molar-refractivity contribution is -0.126. The molecular formula is C11H20N2O3. The van der Waals surface area contributed by atoms with E-state index in [1.807, 2.05) is 14.0 Å². The Kier molecular flexibility index (Phi) is 3.78. The number of likely N-dealkylation sites (N-methyl/N-ethyl adjacent to an activating group) is 1. The van der Waals surface area contributed by atoms with E-state index in [4.69, 9.17) is 9.47 Å². The van der Waals surface area contributed by atoms with Crippen LogP contribution < -0.4 is 10.6 Å². The summed E-state index contributed by atoms with van der Waals surface area (Å²) in [7, 11) is 1.86. The number of amides is 1. The van der Waals surface area contributed by atoms with Gasteiger partial charge >= 0.3 is 0 Å². The van der Waals surface area contributed by atoms with Crippen LogP contribution in [0.3, 0.4) is 0 Å². The zero-order valence-corrected chi connectivity index (χ0v) is 9.86. The second kappa shape index (κ2) is 5.12. The molecule has 5 heteroatoms. The maximum absolute atomic E-state index is 12.0. The molecule has 0 spiro atoms. The van der Waals surface area contributed by atoms with Crippen LogP contribution >= 0.6 is 0 Å². The Morgan fingerprint density at radius 2 is 2.12 bits per heavy atom. The first kappa shape index (κ1) is 11.8. The van der Waals surface area contributed by atoms with Crippen LogP contribution in [0.1, 0.15) is 13.3 Å². The molecule has 0 aromatic rings. The van der Waals surface area contributed by atoms with Crippen molar-refractivity contribution in [2.45, 2.75) is 31.5 Å². The molecule has 0 saturated carbocycles. The molecule has 5 nitrogen and oxygen atoms in total. The summed E-state index contributed by atoms with van der Waals surface area (Å²) in [4.78, 5) is 12.0. The summed E-state index contributed by atoms with van der Waals surface area (Å²) < 4.78 is 10.7. The minimum atomic E-state index is -0.0715. The molecular weight excluding hydrogens is 208 g/mol. The normalized spacial score (nSPS) is 38.9. The molecule has 0 bridgehead atoms. The molecule has 2 aliphatic heterocycles. The van der Waals surface area contributed by atoms with Crippen LogP contribution in [0.2, 0.25) is 0 Å². The van der Waals surface area contributed by atoms with Crippen LogP contribution in [-0.4, -0.2) is 51.0 Å². The van der Waals surface area contributed by atoms with E-state index in [1.54, 1.807) is 0 Å². The highest BCUT2D eigenvalue weighted by atomic mass is 16.5. The lowest BCUT2D eigenvalue weighted by atomic mass is 10.0. The van der Waals surface area contributed by atoms with Gasteiger partial charge in [-0.2, -0.15) is 0 Å². The zero-order valence-electron chi connectivity index (χ0n) is 9.86.